The van der Waals surface area contributed by atoms with Crippen LogP contribution in [0.1, 0.15) is 239 Å². The van der Waals surface area contributed by atoms with E-state index in [0.717, 1.165) is 128 Å². The van der Waals surface area contributed by atoms with E-state index in [1.807, 2.05) is 0 Å². The van der Waals surface area contributed by atoms with E-state index in [9.17, 15) is 34.5 Å². The van der Waals surface area contributed by atoms with Gasteiger partial charge in [-0.25, -0.2) is 4.79 Å². The average Bonchev–Trinajstić information content (AvgIpc) is 3.35. The van der Waals surface area contributed by atoms with Gasteiger partial charge in [-0.2, -0.15) is 0 Å². The van der Waals surface area contributed by atoms with Gasteiger partial charge in [-0.1, -0.05) is 184 Å². The van der Waals surface area contributed by atoms with Gasteiger partial charge >= 0.3 is 23.9 Å². The van der Waals surface area contributed by atoms with Crippen molar-refractivity contribution in [2.24, 2.45) is 0 Å². The minimum absolute atomic E-state index is 0.0419. The van der Waals surface area contributed by atoms with Crippen molar-refractivity contribution in [3.63, 3.8) is 0 Å². The molecule has 0 bridgehead atoms. The largest absolute Gasteiger partial charge is 0.479 e. The van der Waals surface area contributed by atoms with Crippen LogP contribution in [0.5, 0.6) is 0 Å². The zero-order chi connectivity index (χ0) is 51.8. The normalized spacial score (nSPS) is 18.9. The average molecular weight is 1000 g/mol. The van der Waals surface area contributed by atoms with Gasteiger partial charge < -0.3 is 39.0 Å². The molecule has 408 valence electrons. The molecule has 0 aromatic carbocycles. The van der Waals surface area contributed by atoms with Gasteiger partial charge in [0.25, 0.3) is 0 Å². The van der Waals surface area contributed by atoms with Crippen molar-refractivity contribution in [1.82, 2.24) is 0 Å². The van der Waals surface area contributed by atoms with Crippen LogP contribution in [0.25, 0.3) is 0 Å². The van der Waals surface area contributed by atoms with Crippen LogP contribution in [0.4, 0.5) is 0 Å². The monoisotopic (exact) mass is 1000 g/mol. The summed E-state index contributed by atoms with van der Waals surface area (Å²) in [4.78, 5) is 50.9. The van der Waals surface area contributed by atoms with Crippen molar-refractivity contribution >= 4 is 23.9 Å². The molecule has 6 atom stereocenters. The highest BCUT2D eigenvalue weighted by molar-refractivity contribution is 5.74. The summed E-state index contributed by atoms with van der Waals surface area (Å²) in [5.41, 5.74) is 0. The summed E-state index contributed by atoms with van der Waals surface area (Å²) in [7, 11) is 0. The molecular formula is C59H100O12. The Hall–Kier alpha value is -3.58. The highest BCUT2D eigenvalue weighted by Crippen LogP contribution is 2.26. The fourth-order valence-electron chi connectivity index (χ4n) is 8.12. The highest BCUT2D eigenvalue weighted by atomic mass is 16.7. The Morgan fingerprint density at radius 2 is 0.887 bits per heavy atom. The first-order valence-corrected chi connectivity index (χ1v) is 28.3. The summed E-state index contributed by atoms with van der Waals surface area (Å²) >= 11 is 0. The molecule has 1 fully saturated rings. The first kappa shape index (κ1) is 65.4. The number of hydrogen-bond donors (Lipinski definition) is 3. The van der Waals surface area contributed by atoms with Gasteiger partial charge in [-0.15, -0.1) is 0 Å². The van der Waals surface area contributed by atoms with Crippen LogP contribution in [-0.4, -0.2) is 89.2 Å². The third kappa shape index (κ3) is 37.8. The van der Waals surface area contributed by atoms with E-state index in [1.165, 1.54) is 51.4 Å². The molecule has 71 heavy (non-hydrogen) atoms. The lowest BCUT2D eigenvalue weighted by Crippen LogP contribution is -2.61. The summed E-state index contributed by atoms with van der Waals surface area (Å²) < 4.78 is 28.3. The van der Waals surface area contributed by atoms with E-state index in [1.54, 1.807) is 0 Å². The molecule has 0 aliphatic carbocycles. The molecule has 0 spiro atoms. The van der Waals surface area contributed by atoms with E-state index < -0.39 is 67.3 Å². The lowest BCUT2D eigenvalue weighted by Gasteiger charge is -2.40. The molecule has 1 rings (SSSR count). The van der Waals surface area contributed by atoms with Crippen LogP contribution < -0.4 is 0 Å². The lowest BCUT2D eigenvalue weighted by molar-refractivity contribution is -0.301. The maximum Gasteiger partial charge on any atom is 0.335 e. The fraction of sp³-hybridized carbons (Fsp3) is 0.763. The van der Waals surface area contributed by atoms with Gasteiger partial charge in [0.15, 0.2) is 24.6 Å². The predicted molar refractivity (Wildman–Crippen MR) is 285 cm³/mol. The quantitative estimate of drug-likeness (QED) is 0.0228. The van der Waals surface area contributed by atoms with Gasteiger partial charge in [-0.05, 0) is 96.3 Å². The minimum Gasteiger partial charge on any atom is -0.479 e. The second kappa shape index (κ2) is 47.4. The second-order valence-corrected chi connectivity index (χ2v) is 19.2. The molecule has 3 N–H and O–H groups in total. The Labute approximate surface area is 430 Å². The first-order chi connectivity index (χ1) is 34.6. The van der Waals surface area contributed by atoms with E-state index >= 15 is 0 Å². The molecule has 6 unspecified atom stereocenters. The number of aliphatic hydroxyl groups is 2. The number of carbonyl (C=O) groups is 4. The van der Waals surface area contributed by atoms with Crippen LogP contribution in [0.2, 0.25) is 0 Å². The van der Waals surface area contributed by atoms with Gasteiger partial charge in [0.1, 0.15) is 18.8 Å². The zero-order valence-corrected chi connectivity index (χ0v) is 44.7. The van der Waals surface area contributed by atoms with Crippen molar-refractivity contribution in [2.75, 3.05) is 13.2 Å². The van der Waals surface area contributed by atoms with Crippen molar-refractivity contribution in [1.29, 1.82) is 0 Å². The van der Waals surface area contributed by atoms with E-state index in [0.29, 0.717) is 19.3 Å². The van der Waals surface area contributed by atoms with E-state index in [-0.39, 0.29) is 25.9 Å². The minimum atomic E-state index is -1.91. The van der Waals surface area contributed by atoms with E-state index in [4.69, 9.17) is 23.7 Å². The highest BCUT2D eigenvalue weighted by Gasteiger charge is 2.50. The van der Waals surface area contributed by atoms with Crippen LogP contribution in [0.15, 0.2) is 60.8 Å². The van der Waals surface area contributed by atoms with Crippen LogP contribution in [-0.2, 0) is 42.9 Å². The summed E-state index contributed by atoms with van der Waals surface area (Å²) in [6.07, 6.45) is 44.8. The number of aliphatic carboxylic acids is 1. The fourth-order valence-corrected chi connectivity index (χ4v) is 8.12. The maximum absolute atomic E-state index is 13.1. The number of rotatable bonds is 47. The molecule has 0 amide bonds. The molecule has 12 nitrogen and oxygen atoms in total. The number of carbonyl (C=O) groups excluding carboxylic acids is 3. The third-order valence-electron chi connectivity index (χ3n) is 12.5. The van der Waals surface area contributed by atoms with Gasteiger partial charge in [0.05, 0.1) is 6.61 Å². The molecule has 0 radical (unpaired) electrons. The number of aliphatic hydroxyl groups excluding tert-OH is 2. The van der Waals surface area contributed by atoms with Crippen molar-refractivity contribution in [3.8, 4) is 0 Å². The Morgan fingerprint density at radius 3 is 1.38 bits per heavy atom. The van der Waals surface area contributed by atoms with Crippen molar-refractivity contribution in [3.05, 3.63) is 60.8 Å². The Bertz CT molecular complexity index is 1470. The summed E-state index contributed by atoms with van der Waals surface area (Å²) in [5.74, 6) is -3.16. The summed E-state index contributed by atoms with van der Waals surface area (Å²) in [6.45, 7) is 5.83. The van der Waals surface area contributed by atoms with Crippen LogP contribution in [0, 0.1) is 0 Å². The maximum atomic E-state index is 13.1. The van der Waals surface area contributed by atoms with E-state index in [2.05, 4.69) is 81.5 Å². The first-order valence-electron chi connectivity index (χ1n) is 28.3. The number of carboxylic acids is 1. The number of carboxylic acid groups (broad SMARTS) is 1. The number of ether oxygens (including phenoxy) is 5. The smallest absolute Gasteiger partial charge is 0.335 e. The second-order valence-electron chi connectivity index (χ2n) is 19.2. The standard InChI is InChI=1S/C59H100O12/c1-4-7-10-13-16-19-22-24-25-26-27-29-31-33-36-39-42-45-51(60)67-48-50(69-52(61)46-43-40-37-34-30-21-18-15-12-9-6-3)49-68-59-57(55(64)54(63)56(71-59)58(65)66)70-53(62)47-44-41-38-35-32-28-23-20-17-14-11-8-5-2/h11,14-16,18-20,23-25,50,54-57,59,63-64H,4-10,12-13,17,21-22,26-49H2,1-3H3,(H,65,66)/b14-11-,18-15-,19-16-,23-20-,25-24-. The third-order valence-corrected chi connectivity index (χ3v) is 12.5. The molecule has 0 aromatic heterocycles. The van der Waals surface area contributed by atoms with Gasteiger partial charge in [0, 0.05) is 19.3 Å². The van der Waals surface area contributed by atoms with Crippen LogP contribution >= 0.6 is 0 Å². The number of unbranched alkanes of at least 4 members (excludes halogenated alkanes) is 23. The predicted octanol–water partition coefficient (Wildman–Crippen LogP) is 14.0. The molecule has 1 aliphatic rings. The summed E-state index contributed by atoms with van der Waals surface area (Å²) in [6, 6.07) is 0. The van der Waals surface area contributed by atoms with Crippen molar-refractivity contribution in [2.45, 2.75) is 276 Å². The SMILES string of the molecule is CCC/C=C\C/C=C\CCCCCCCC(=O)OC1C(OCC(COC(=O)CCCCCCCCC/C=C\C/C=C\CCCCC)OC(=O)CCCCCCC/C=C\CCCC)OC(C(=O)O)C(O)C1O. The zero-order valence-electron chi connectivity index (χ0n) is 44.7. The molecule has 0 saturated carbocycles. The Kier molecular flexibility index (Phi) is 43.7. The molecular weight excluding hydrogens is 901 g/mol. The van der Waals surface area contributed by atoms with Crippen LogP contribution in [0.3, 0.4) is 0 Å². The molecule has 0 aromatic rings. The van der Waals surface area contributed by atoms with Gasteiger partial charge in [-0.3, -0.25) is 14.4 Å². The lowest BCUT2D eigenvalue weighted by atomic mass is 9.98. The molecule has 1 heterocycles. The Morgan fingerprint density at radius 1 is 0.465 bits per heavy atom. The van der Waals surface area contributed by atoms with Gasteiger partial charge in [0.2, 0.25) is 0 Å². The number of allylic oxidation sites excluding steroid dienone is 10. The topological polar surface area (TPSA) is 175 Å². The molecule has 1 aliphatic heterocycles. The number of esters is 3. The Balaban J connectivity index is 2.70. The van der Waals surface area contributed by atoms with Crippen molar-refractivity contribution < 1.29 is 58.2 Å². The summed E-state index contributed by atoms with van der Waals surface area (Å²) in [5, 5.41) is 31.4. The molecule has 12 heteroatoms. The number of hydrogen-bond acceptors (Lipinski definition) is 11. The molecule has 1 saturated heterocycles.